The maximum Gasteiger partial charge on any atom is 0.307 e. The number of halogens is 1. The van der Waals surface area contributed by atoms with Gasteiger partial charge in [0.15, 0.2) is 0 Å². The number of nitrogens with zero attached hydrogens (tertiary/aromatic N) is 1. The first-order chi connectivity index (χ1) is 7.10. The first-order valence-electron chi connectivity index (χ1n) is 4.52. The number of hydrogen-bond acceptors (Lipinski definition) is 2. The fraction of sp³-hybridized carbons (Fsp3) is 0.273. The molecule has 15 heavy (non-hydrogen) atoms. The SMILES string of the molecule is CCc1c(C#N)ccc(CC(=O)O)c1Br. The van der Waals surface area contributed by atoms with Crippen LogP contribution in [0.15, 0.2) is 16.6 Å². The third kappa shape index (κ3) is 2.57. The van der Waals surface area contributed by atoms with Crippen LogP contribution in [0, 0.1) is 11.3 Å². The second-order valence-electron chi connectivity index (χ2n) is 3.10. The van der Waals surface area contributed by atoms with Crippen molar-refractivity contribution < 1.29 is 9.90 Å². The third-order valence-corrected chi connectivity index (χ3v) is 3.13. The minimum Gasteiger partial charge on any atom is -0.481 e. The van der Waals surface area contributed by atoms with Crippen LogP contribution in [0.25, 0.3) is 0 Å². The number of hydrogen-bond donors (Lipinski definition) is 1. The number of rotatable bonds is 3. The Morgan fingerprint density at radius 2 is 2.27 bits per heavy atom. The van der Waals surface area contributed by atoms with Gasteiger partial charge in [0, 0.05) is 4.47 Å². The summed E-state index contributed by atoms with van der Waals surface area (Å²) in [6.07, 6.45) is 0.677. The van der Waals surface area contributed by atoms with Crippen LogP contribution in [0.2, 0.25) is 0 Å². The molecule has 78 valence electrons. The van der Waals surface area contributed by atoms with Gasteiger partial charge in [-0.3, -0.25) is 4.79 Å². The monoisotopic (exact) mass is 267 g/mol. The number of carboxylic acid groups (broad SMARTS) is 1. The molecular weight excluding hydrogens is 258 g/mol. The molecule has 0 saturated heterocycles. The molecule has 1 aromatic carbocycles. The molecule has 0 aliphatic carbocycles. The van der Waals surface area contributed by atoms with Gasteiger partial charge in [-0.1, -0.05) is 28.9 Å². The van der Waals surface area contributed by atoms with Gasteiger partial charge in [-0.2, -0.15) is 5.26 Å². The summed E-state index contributed by atoms with van der Waals surface area (Å²) in [4.78, 5) is 10.6. The van der Waals surface area contributed by atoms with Crippen LogP contribution >= 0.6 is 15.9 Å². The van der Waals surface area contributed by atoms with Crippen molar-refractivity contribution in [3.63, 3.8) is 0 Å². The molecule has 0 fully saturated rings. The molecule has 0 bridgehead atoms. The van der Waals surface area contributed by atoms with Crippen molar-refractivity contribution in [3.05, 3.63) is 33.3 Å². The minimum absolute atomic E-state index is 0.0285. The van der Waals surface area contributed by atoms with E-state index in [0.717, 1.165) is 10.0 Å². The second kappa shape index (κ2) is 4.94. The van der Waals surface area contributed by atoms with E-state index in [-0.39, 0.29) is 6.42 Å². The van der Waals surface area contributed by atoms with Crippen molar-refractivity contribution >= 4 is 21.9 Å². The smallest absolute Gasteiger partial charge is 0.307 e. The van der Waals surface area contributed by atoms with E-state index in [9.17, 15) is 4.79 Å². The molecule has 0 unspecified atom stereocenters. The number of carboxylic acids is 1. The second-order valence-corrected chi connectivity index (χ2v) is 3.89. The van der Waals surface area contributed by atoms with Gasteiger partial charge in [0.25, 0.3) is 0 Å². The number of carbonyl (C=O) groups is 1. The van der Waals surface area contributed by atoms with E-state index in [0.29, 0.717) is 17.5 Å². The number of nitriles is 1. The van der Waals surface area contributed by atoms with Gasteiger partial charge in [0.05, 0.1) is 18.1 Å². The molecule has 0 saturated carbocycles. The van der Waals surface area contributed by atoms with Gasteiger partial charge in [-0.05, 0) is 23.6 Å². The van der Waals surface area contributed by atoms with Crippen LogP contribution in [0.5, 0.6) is 0 Å². The van der Waals surface area contributed by atoms with Crippen molar-refractivity contribution in [2.24, 2.45) is 0 Å². The topological polar surface area (TPSA) is 61.1 Å². The summed E-state index contributed by atoms with van der Waals surface area (Å²) in [5, 5.41) is 17.6. The lowest BCUT2D eigenvalue weighted by Gasteiger charge is -2.08. The Labute approximate surface area is 96.5 Å². The van der Waals surface area contributed by atoms with E-state index in [1.807, 2.05) is 6.92 Å². The van der Waals surface area contributed by atoms with Gasteiger partial charge in [0.2, 0.25) is 0 Å². The molecule has 1 aromatic rings. The van der Waals surface area contributed by atoms with E-state index >= 15 is 0 Å². The van der Waals surface area contributed by atoms with Crippen molar-refractivity contribution in [2.45, 2.75) is 19.8 Å². The van der Waals surface area contributed by atoms with Crippen molar-refractivity contribution in [2.75, 3.05) is 0 Å². The molecule has 0 spiro atoms. The lowest BCUT2D eigenvalue weighted by atomic mass is 10.0. The molecule has 3 nitrogen and oxygen atoms in total. The molecule has 0 aliphatic heterocycles. The van der Waals surface area contributed by atoms with Crippen molar-refractivity contribution in [1.82, 2.24) is 0 Å². The summed E-state index contributed by atoms with van der Waals surface area (Å²) in [5.41, 5.74) is 2.17. The highest BCUT2D eigenvalue weighted by Gasteiger charge is 2.11. The van der Waals surface area contributed by atoms with Gasteiger partial charge in [0.1, 0.15) is 0 Å². The molecule has 1 N–H and O–H groups in total. The predicted molar refractivity (Wildman–Crippen MR) is 59.6 cm³/mol. The quantitative estimate of drug-likeness (QED) is 0.916. The zero-order chi connectivity index (χ0) is 11.4. The molecule has 0 aliphatic rings. The zero-order valence-electron chi connectivity index (χ0n) is 8.25. The zero-order valence-corrected chi connectivity index (χ0v) is 9.84. The molecule has 0 aromatic heterocycles. The van der Waals surface area contributed by atoms with Gasteiger partial charge in [-0.25, -0.2) is 0 Å². The first kappa shape index (κ1) is 11.7. The van der Waals surface area contributed by atoms with Crippen LogP contribution < -0.4 is 0 Å². The van der Waals surface area contributed by atoms with Crippen LogP contribution in [0.3, 0.4) is 0 Å². The molecule has 1 rings (SSSR count). The molecule has 0 heterocycles. The van der Waals surface area contributed by atoms with Crippen LogP contribution in [-0.4, -0.2) is 11.1 Å². The Morgan fingerprint density at radius 3 is 2.73 bits per heavy atom. The normalized spacial score (nSPS) is 9.67. The van der Waals surface area contributed by atoms with Crippen molar-refractivity contribution in [1.29, 1.82) is 5.26 Å². The lowest BCUT2D eigenvalue weighted by molar-refractivity contribution is -0.136. The van der Waals surface area contributed by atoms with Crippen LogP contribution in [0.4, 0.5) is 0 Å². The van der Waals surface area contributed by atoms with E-state index < -0.39 is 5.97 Å². The Kier molecular flexibility index (Phi) is 3.87. The van der Waals surface area contributed by atoms with E-state index in [2.05, 4.69) is 22.0 Å². The first-order valence-corrected chi connectivity index (χ1v) is 5.31. The fourth-order valence-corrected chi connectivity index (χ4v) is 2.19. The van der Waals surface area contributed by atoms with Crippen molar-refractivity contribution in [3.8, 4) is 6.07 Å². The van der Waals surface area contributed by atoms with Gasteiger partial charge < -0.3 is 5.11 Å². The van der Waals surface area contributed by atoms with E-state index in [1.54, 1.807) is 12.1 Å². The summed E-state index contributed by atoms with van der Waals surface area (Å²) in [6, 6.07) is 5.44. The molecule has 4 heteroatoms. The molecule has 0 amide bonds. The minimum atomic E-state index is -0.873. The number of benzene rings is 1. The van der Waals surface area contributed by atoms with Crippen LogP contribution in [-0.2, 0) is 17.6 Å². The summed E-state index contributed by atoms with van der Waals surface area (Å²) < 4.78 is 0.742. The average Bonchev–Trinajstić information content (AvgIpc) is 2.20. The van der Waals surface area contributed by atoms with E-state index in [1.165, 1.54) is 0 Å². The van der Waals surface area contributed by atoms with Crippen LogP contribution in [0.1, 0.15) is 23.6 Å². The average molecular weight is 268 g/mol. The maximum atomic E-state index is 10.6. The van der Waals surface area contributed by atoms with E-state index in [4.69, 9.17) is 10.4 Å². The standard InChI is InChI=1S/C11H10BrNO2/c1-2-9-8(6-13)4-3-7(11(9)12)5-10(14)15/h3-4H,2,5H2,1H3,(H,14,15). The molecule has 0 atom stereocenters. The Hall–Kier alpha value is -1.34. The summed E-state index contributed by atoms with van der Waals surface area (Å²) in [7, 11) is 0. The summed E-state index contributed by atoms with van der Waals surface area (Å²) in [5.74, 6) is -0.873. The summed E-state index contributed by atoms with van der Waals surface area (Å²) in [6.45, 7) is 1.94. The highest BCUT2D eigenvalue weighted by atomic mass is 79.9. The summed E-state index contributed by atoms with van der Waals surface area (Å²) >= 11 is 3.35. The Morgan fingerprint density at radius 1 is 1.60 bits per heavy atom. The maximum absolute atomic E-state index is 10.6. The fourth-order valence-electron chi connectivity index (χ4n) is 1.42. The Bertz CT molecular complexity index is 435. The van der Waals surface area contributed by atoms with Gasteiger partial charge in [-0.15, -0.1) is 0 Å². The van der Waals surface area contributed by atoms with Gasteiger partial charge >= 0.3 is 5.97 Å². The lowest BCUT2D eigenvalue weighted by Crippen LogP contribution is -2.03. The highest BCUT2D eigenvalue weighted by Crippen LogP contribution is 2.26. The largest absolute Gasteiger partial charge is 0.481 e. The molecular formula is C11H10BrNO2. The Balaban J connectivity index is 3.24. The predicted octanol–water partition coefficient (Wildman–Crippen LogP) is 2.51. The third-order valence-electron chi connectivity index (χ3n) is 2.14. The highest BCUT2D eigenvalue weighted by molar-refractivity contribution is 9.10. The number of aliphatic carboxylic acids is 1. The molecule has 0 radical (unpaired) electrons.